The Morgan fingerprint density at radius 1 is 1.58 bits per heavy atom. The van der Waals surface area contributed by atoms with Crippen molar-refractivity contribution in [3.63, 3.8) is 0 Å². The molecule has 104 valence electrons. The molecule has 2 N–H and O–H groups in total. The summed E-state index contributed by atoms with van der Waals surface area (Å²) in [6, 6.07) is 1.78. The lowest BCUT2D eigenvalue weighted by Gasteiger charge is -2.35. The number of rotatable bonds is 4. The fourth-order valence-electron chi connectivity index (χ4n) is 2.35. The number of carbonyl (C=O) groups excluding carboxylic acids is 1. The Morgan fingerprint density at radius 2 is 2.32 bits per heavy atom. The maximum Gasteiger partial charge on any atom is 0.233 e. The molecule has 0 aromatic carbocycles. The third kappa shape index (κ3) is 3.32. The molecule has 5 nitrogen and oxygen atoms in total. The molecule has 2 heterocycles. The van der Waals surface area contributed by atoms with Gasteiger partial charge >= 0.3 is 0 Å². The normalized spacial score (nSPS) is 18.0. The average Bonchev–Trinajstić information content (AvgIpc) is 2.42. The van der Waals surface area contributed by atoms with Crippen molar-refractivity contribution in [3.05, 3.63) is 22.9 Å². The maximum atomic E-state index is 12.6. The molecule has 0 aliphatic carbocycles. The zero-order valence-electron chi connectivity index (χ0n) is 10.9. The van der Waals surface area contributed by atoms with Gasteiger partial charge in [0.15, 0.2) is 0 Å². The minimum Gasteiger partial charge on any atom is -0.384 e. The van der Waals surface area contributed by atoms with E-state index in [-0.39, 0.29) is 5.91 Å². The molecule has 1 fully saturated rings. The first-order chi connectivity index (χ1) is 9.18. The fraction of sp³-hybridized carbons (Fsp3) is 0.538. The summed E-state index contributed by atoms with van der Waals surface area (Å²) in [5.74, 6) is 0.0164. The molecular formula is C13H18BrN3O2. The molecule has 1 aromatic heterocycles. The molecule has 1 aliphatic heterocycles. The van der Waals surface area contributed by atoms with Crippen molar-refractivity contribution in [2.45, 2.75) is 12.8 Å². The van der Waals surface area contributed by atoms with E-state index in [4.69, 9.17) is 4.74 Å². The van der Waals surface area contributed by atoms with Gasteiger partial charge in [-0.3, -0.25) is 9.78 Å². The number of halogens is 1. The second kappa shape index (κ2) is 6.45. The van der Waals surface area contributed by atoms with E-state index < -0.39 is 5.41 Å². The van der Waals surface area contributed by atoms with Crippen molar-refractivity contribution in [3.8, 4) is 0 Å². The Morgan fingerprint density at radius 3 is 2.95 bits per heavy atom. The first kappa shape index (κ1) is 14.4. The number of nitrogens with one attached hydrogen (secondary N) is 2. The molecule has 0 unspecified atom stereocenters. The first-order valence-corrected chi connectivity index (χ1v) is 7.08. The molecule has 0 atom stereocenters. The zero-order chi connectivity index (χ0) is 13.7. The number of ether oxygens (including phenoxy) is 1. The predicted octanol–water partition coefficient (Wildman–Crippen LogP) is 1.80. The minimum absolute atomic E-state index is 0.0164. The second-order valence-electron chi connectivity index (χ2n) is 4.77. The second-order valence-corrected chi connectivity index (χ2v) is 5.63. The van der Waals surface area contributed by atoms with Gasteiger partial charge < -0.3 is 15.4 Å². The largest absolute Gasteiger partial charge is 0.384 e. The fourth-order valence-corrected chi connectivity index (χ4v) is 2.70. The Labute approximate surface area is 121 Å². The van der Waals surface area contributed by atoms with Crippen LogP contribution < -0.4 is 10.6 Å². The van der Waals surface area contributed by atoms with Gasteiger partial charge in [-0.1, -0.05) is 0 Å². The predicted molar refractivity (Wildman–Crippen MR) is 77.0 cm³/mol. The Hall–Kier alpha value is -0.980. The number of nitrogens with zero attached hydrogens (tertiary/aromatic N) is 1. The van der Waals surface area contributed by atoms with Gasteiger partial charge in [0.2, 0.25) is 5.91 Å². The van der Waals surface area contributed by atoms with Gasteiger partial charge in [0.25, 0.3) is 0 Å². The van der Waals surface area contributed by atoms with Gasteiger partial charge in [0, 0.05) is 19.5 Å². The van der Waals surface area contributed by atoms with E-state index in [0.29, 0.717) is 6.61 Å². The summed E-state index contributed by atoms with van der Waals surface area (Å²) >= 11 is 3.38. The van der Waals surface area contributed by atoms with E-state index in [1.54, 1.807) is 25.6 Å². The topological polar surface area (TPSA) is 63.2 Å². The van der Waals surface area contributed by atoms with E-state index in [2.05, 4.69) is 31.5 Å². The minimum atomic E-state index is -0.442. The number of carbonyl (C=O) groups is 1. The van der Waals surface area contributed by atoms with Crippen molar-refractivity contribution >= 4 is 27.5 Å². The van der Waals surface area contributed by atoms with E-state index in [1.807, 2.05) is 0 Å². The Bertz CT molecular complexity index is 442. The molecule has 19 heavy (non-hydrogen) atoms. The number of hydrogen-bond donors (Lipinski definition) is 2. The van der Waals surface area contributed by atoms with Crippen molar-refractivity contribution in [1.82, 2.24) is 10.3 Å². The number of aromatic nitrogens is 1. The lowest BCUT2D eigenvalue weighted by Crippen LogP contribution is -2.47. The highest BCUT2D eigenvalue weighted by Gasteiger charge is 2.39. The summed E-state index contributed by atoms with van der Waals surface area (Å²) in [7, 11) is 1.64. The van der Waals surface area contributed by atoms with Crippen LogP contribution in [0.3, 0.4) is 0 Å². The molecular weight excluding hydrogens is 310 g/mol. The van der Waals surface area contributed by atoms with Gasteiger partial charge in [-0.2, -0.15) is 0 Å². The highest BCUT2D eigenvalue weighted by atomic mass is 79.9. The van der Waals surface area contributed by atoms with E-state index in [1.165, 1.54) is 0 Å². The van der Waals surface area contributed by atoms with Crippen LogP contribution in [0.4, 0.5) is 5.69 Å². The maximum absolute atomic E-state index is 12.6. The quantitative estimate of drug-likeness (QED) is 0.885. The Kier molecular flexibility index (Phi) is 4.90. The van der Waals surface area contributed by atoms with Crippen LogP contribution in [0, 0.1) is 5.41 Å². The highest BCUT2D eigenvalue weighted by molar-refractivity contribution is 9.10. The standard InChI is InChI=1S/C13H18BrN3O2/c1-19-9-13(3-6-15-7-4-13)12(18)17-11-2-5-16-8-10(11)14/h2,5,8,15H,3-4,6-7,9H2,1H3,(H,16,17,18). The summed E-state index contributed by atoms with van der Waals surface area (Å²) in [6.45, 7) is 2.13. The first-order valence-electron chi connectivity index (χ1n) is 6.28. The highest BCUT2D eigenvalue weighted by Crippen LogP contribution is 2.32. The Balaban J connectivity index is 2.14. The molecule has 0 bridgehead atoms. The van der Waals surface area contributed by atoms with Crippen molar-refractivity contribution in [1.29, 1.82) is 0 Å². The molecule has 0 radical (unpaired) electrons. The van der Waals surface area contributed by atoms with Crippen LogP contribution >= 0.6 is 15.9 Å². The van der Waals surface area contributed by atoms with E-state index in [9.17, 15) is 4.79 Å². The van der Waals surface area contributed by atoms with Crippen LogP contribution in [0.15, 0.2) is 22.9 Å². The van der Waals surface area contributed by atoms with Crippen molar-refractivity contribution < 1.29 is 9.53 Å². The number of hydrogen-bond acceptors (Lipinski definition) is 4. The van der Waals surface area contributed by atoms with Crippen LogP contribution in [0.1, 0.15) is 12.8 Å². The SMILES string of the molecule is COCC1(C(=O)Nc2ccncc2Br)CCNCC1. The summed E-state index contributed by atoms with van der Waals surface area (Å²) in [4.78, 5) is 16.6. The zero-order valence-corrected chi connectivity index (χ0v) is 12.5. The van der Waals surface area contributed by atoms with Crippen LogP contribution in [0.5, 0.6) is 0 Å². The third-order valence-corrected chi connectivity index (χ3v) is 4.12. The van der Waals surface area contributed by atoms with Crippen molar-refractivity contribution in [2.24, 2.45) is 5.41 Å². The summed E-state index contributed by atoms with van der Waals surface area (Å²) in [5, 5.41) is 6.25. The molecule has 1 amide bonds. The van der Waals surface area contributed by atoms with Crippen LogP contribution in [0.2, 0.25) is 0 Å². The molecule has 1 saturated heterocycles. The van der Waals surface area contributed by atoms with Crippen molar-refractivity contribution in [2.75, 3.05) is 32.1 Å². The van der Waals surface area contributed by atoms with Crippen LogP contribution in [-0.2, 0) is 9.53 Å². The average molecular weight is 328 g/mol. The number of amides is 1. The molecule has 1 aromatic rings. The summed E-state index contributed by atoms with van der Waals surface area (Å²) in [6.07, 6.45) is 4.90. The molecule has 2 rings (SSSR count). The third-order valence-electron chi connectivity index (χ3n) is 3.48. The number of piperidine rings is 1. The van der Waals surface area contributed by atoms with E-state index in [0.717, 1.165) is 36.1 Å². The van der Waals surface area contributed by atoms with Crippen LogP contribution in [0.25, 0.3) is 0 Å². The summed E-state index contributed by atoms with van der Waals surface area (Å²) < 4.78 is 6.04. The van der Waals surface area contributed by atoms with Gasteiger partial charge in [-0.25, -0.2) is 0 Å². The van der Waals surface area contributed by atoms with Gasteiger partial charge in [0.05, 0.1) is 22.2 Å². The monoisotopic (exact) mass is 327 g/mol. The number of pyridine rings is 1. The molecule has 6 heteroatoms. The molecule has 0 saturated carbocycles. The smallest absolute Gasteiger partial charge is 0.233 e. The van der Waals surface area contributed by atoms with Gasteiger partial charge in [-0.15, -0.1) is 0 Å². The van der Waals surface area contributed by atoms with E-state index >= 15 is 0 Å². The lowest BCUT2D eigenvalue weighted by molar-refractivity contribution is -0.130. The van der Waals surface area contributed by atoms with Gasteiger partial charge in [-0.05, 0) is 47.9 Å². The van der Waals surface area contributed by atoms with Crippen LogP contribution in [-0.4, -0.2) is 37.7 Å². The van der Waals surface area contributed by atoms with Gasteiger partial charge in [0.1, 0.15) is 0 Å². The molecule has 0 spiro atoms. The number of anilines is 1. The molecule has 1 aliphatic rings. The number of methoxy groups -OCH3 is 1. The lowest BCUT2D eigenvalue weighted by atomic mass is 9.78. The summed E-state index contributed by atoms with van der Waals surface area (Å²) in [5.41, 5.74) is 0.303.